The summed E-state index contributed by atoms with van der Waals surface area (Å²) in [5, 5.41) is 3.83. The van der Waals surface area contributed by atoms with Gasteiger partial charge in [-0.15, -0.1) is 0 Å². The molecule has 0 heterocycles. The number of thioether (sulfide) groups is 1. The van der Waals surface area contributed by atoms with Gasteiger partial charge < -0.3 is 10.2 Å². The molecule has 30 heavy (non-hydrogen) atoms. The van der Waals surface area contributed by atoms with Gasteiger partial charge in [-0.2, -0.15) is 0 Å². The van der Waals surface area contributed by atoms with Crippen LogP contribution in [0.5, 0.6) is 0 Å². The Bertz CT molecular complexity index is 1000. The maximum Gasteiger partial charge on any atom is 0.234 e. The first-order valence-electron chi connectivity index (χ1n) is 9.90. The van der Waals surface area contributed by atoms with Crippen LogP contribution in [0.3, 0.4) is 0 Å². The normalized spacial score (nSPS) is 11.2. The molecule has 0 bridgehead atoms. The molecule has 3 aromatic carbocycles. The van der Waals surface area contributed by atoms with Crippen LogP contribution in [0.1, 0.15) is 16.7 Å². The number of amides is 1. The van der Waals surface area contributed by atoms with Crippen molar-refractivity contribution in [3.8, 4) is 0 Å². The predicted molar refractivity (Wildman–Crippen MR) is 128 cm³/mol. The van der Waals surface area contributed by atoms with Crippen molar-refractivity contribution in [2.24, 2.45) is 4.99 Å². The van der Waals surface area contributed by atoms with E-state index in [-0.39, 0.29) is 11.7 Å². The number of aryl methyl sites for hydroxylation is 1. The Morgan fingerprint density at radius 3 is 2.30 bits per heavy atom. The molecular formula is C25H27N3OS. The van der Waals surface area contributed by atoms with Crippen LogP contribution in [0.2, 0.25) is 0 Å². The highest BCUT2D eigenvalue weighted by molar-refractivity contribution is 8.14. The van der Waals surface area contributed by atoms with Gasteiger partial charge in [0.25, 0.3) is 0 Å². The van der Waals surface area contributed by atoms with Gasteiger partial charge in [-0.3, -0.25) is 4.79 Å². The van der Waals surface area contributed by atoms with E-state index in [1.807, 2.05) is 87.6 Å². The zero-order valence-electron chi connectivity index (χ0n) is 17.6. The average Bonchev–Trinajstić information content (AvgIpc) is 2.76. The first kappa shape index (κ1) is 21.7. The summed E-state index contributed by atoms with van der Waals surface area (Å²) in [4.78, 5) is 19.5. The molecule has 0 unspecified atom stereocenters. The highest BCUT2D eigenvalue weighted by Crippen LogP contribution is 2.21. The molecule has 0 spiro atoms. The van der Waals surface area contributed by atoms with Gasteiger partial charge in [0.15, 0.2) is 5.17 Å². The number of amidine groups is 1. The van der Waals surface area contributed by atoms with Crippen molar-refractivity contribution in [3.63, 3.8) is 0 Å². The van der Waals surface area contributed by atoms with Crippen LogP contribution in [0.25, 0.3) is 0 Å². The Morgan fingerprint density at radius 1 is 0.933 bits per heavy atom. The summed E-state index contributed by atoms with van der Waals surface area (Å²) in [7, 11) is 2.00. The number of carbonyl (C=O) groups excluding carboxylic acids is 1. The fourth-order valence-electron chi connectivity index (χ4n) is 2.97. The number of para-hydroxylation sites is 1. The lowest BCUT2D eigenvalue weighted by molar-refractivity contribution is -0.113. The Morgan fingerprint density at radius 2 is 1.60 bits per heavy atom. The van der Waals surface area contributed by atoms with Crippen LogP contribution in [-0.2, 0) is 11.3 Å². The number of hydrogen-bond donors (Lipinski definition) is 1. The van der Waals surface area contributed by atoms with Crippen LogP contribution in [0, 0.1) is 13.8 Å². The first-order chi connectivity index (χ1) is 14.5. The summed E-state index contributed by atoms with van der Waals surface area (Å²) < 4.78 is 0. The molecule has 1 N–H and O–H groups in total. The minimum atomic E-state index is -0.0393. The number of carbonyl (C=O) groups is 1. The Labute approximate surface area is 183 Å². The molecule has 154 valence electrons. The topological polar surface area (TPSA) is 44.7 Å². The maximum absolute atomic E-state index is 12.6. The second kappa shape index (κ2) is 10.6. The smallest absolute Gasteiger partial charge is 0.234 e. The third-order valence-electron chi connectivity index (χ3n) is 4.78. The van der Waals surface area contributed by atoms with Gasteiger partial charge in [0.05, 0.1) is 11.4 Å². The molecular weight excluding hydrogens is 390 g/mol. The Hall–Kier alpha value is -3.05. The second-order valence-corrected chi connectivity index (χ2v) is 8.10. The number of nitrogens with zero attached hydrogens (tertiary/aromatic N) is 2. The van der Waals surface area contributed by atoms with Gasteiger partial charge in [-0.25, -0.2) is 4.99 Å². The summed E-state index contributed by atoms with van der Waals surface area (Å²) in [5.74, 6) is 0.251. The van der Waals surface area contributed by atoms with Crippen molar-refractivity contribution < 1.29 is 4.79 Å². The number of rotatable bonds is 6. The van der Waals surface area contributed by atoms with Crippen LogP contribution in [0.15, 0.2) is 83.9 Å². The fourth-order valence-corrected chi connectivity index (χ4v) is 3.76. The van der Waals surface area contributed by atoms with E-state index in [9.17, 15) is 4.79 Å². The van der Waals surface area contributed by atoms with E-state index >= 15 is 0 Å². The quantitative estimate of drug-likeness (QED) is 0.407. The molecule has 5 heteroatoms. The van der Waals surface area contributed by atoms with Crippen molar-refractivity contribution in [2.75, 3.05) is 18.1 Å². The lowest BCUT2D eigenvalue weighted by atomic mass is 10.1. The summed E-state index contributed by atoms with van der Waals surface area (Å²) in [5.41, 5.74) is 5.18. The summed E-state index contributed by atoms with van der Waals surface area (Å²) >= 11 is 1.45. The van der Waals surface area contributed by atoms with E-state index < -0.39 is 0 Å². The van der Waals surface area contributed by atoms with Gasteiger partial charge in [0.2, 0.25) is 5.91 Å². The number of aliphatic imine (C=N–C) groups is 1. The predicted octanol–water partition coefficient (Wildman–Crippen LogP) is 5.79. The van der Waals surface area contributed by atoms with Crippen LogP contribution < -0.4 is 5.32 Å². The molecule has 0 atom stereocenters. The highest BCUT2D eigenvalue weighted by atomic mass is 32.2. The third-order valence-corrected chi connectivity index (χ3v) is 5.85. The molecule has 0 aliphatic heterocycles. The van der Waals surface area contributed by atoms with Crippen molar-refractivity contribution >= 4 is 34.2 Å². The fraction of sp³-hybridized carbons (Fsp3) is 0.200. The van der Waals surface area contributed by atoms with Gasteiger partial charge in [0.1, 0.15) is 0 Å². The molecule has 4 nitrogen and oxygen atoms in total. The lowest BCUT2D eigenvalue weighted by Crippen LogP contribution is -2.26. The lowest BCUT2D eigenvalue weighted by Gasteiger charge is -2.21. The summed E-state index contributed by atoms with van der Waals surface area (Å²) in [6.07, 6.45) is 0. The van der Waals surface area contributed by atoms with Crippen molar-refractivity contribution in [1.29, 1.82) is 0 Å². The molecule has 0 fully saturated rings. The molecule has 3 rings (SSSR count). The molecule has 3 aromatic rings. The van der Waals surface area contributed by atoms with E-state index in [4.69, 9.17) is 4.99 Å². The molecule has 0 saturated carbocycles. The highest BCUT2D eigenvalue weighted by Gasteiger charge is 2.13. The monoisotopic (exact) mass is 417 g/mol. The Balaban J connectivity index is 1.71. The minimum Gasteiger partial charge on any atom is -0.350 e. The van der Waals surface area contributed by atoms with Crippen molar-refractivity contribution in [3.05, 3.63) is 95.6 Å². The number of benzene rings is 3. The van der Waals surface area contributed by atoms with E-state index in [1.165, 1.54) is 17.3 Å². The molecule has 0 radical (unpaired) electrons. The maximum atomic E-state index is 12.6. The van der Waals surface area contributed by atoms with Crippen molar-refractivity contribution in [1.82, 2.24) is 4.90 Å². The Kier molecular flexibility index (Phi) is 7.69. The van der Waals surface area contributed by atoms with Gasteiger partial charge >= 0.3 is 0 Å². The second-order valence-electron chi connectivity index (χ2n) is 7.16. The zero-order chi connectivity index (χ0) is 21.3. The van der Waals surface area contributed by atoms with E-state index in [1.54, 1.807) is 0 Å². The SMILES string of the molecule is Cc1cccc(NC(=O)CSC(=Nc2ccccc2)N(C)Cc2ccccc2)c1C. The van der Waals surface area contributed by atoms with E-state index in [0.717, 1.165) is 34.2 Å². The molecule has 0 saturated heterocycles. The molecule has 0 aliphatic rings. The summed E-state index contributed by atoms with van der Waals surface area (Å²) in [6, 6.07) is 26.0. The van der Waals surface area contributed by atoms with Crippen LogP contribution in [-0.4, -0.2) is 28.8 Å². The van der Waals surface area contributed by atoms with Gasteiger partial charge in [-0.05, 0) is 48.7 Å². The van der Waals surface area contributed by atoms with Crippen molar-refractivity contribution in [2.45, 2.75) is 20.4 Å². The van der Waals surface area contributed by atoms with E-state index in [0.29, 0.717) is 0 Å². The summed E-state index contributed by atoms with van der Waals surface area (Å²) in [6.45, 7) is 4.79. The van der Waals surface area contributed by atoms with Crippen LogP contribution >= 0.6 is 11.8 Å². The minimum absolute atomic E-state index is 0.0393. The number of nitrogens with one attached hydrogen (secondary N) is 1. The molecule has 1 amide bonds. The third kappa shape index (κ3) is 6.22. The standard InChI is InChI=1S/C25H27N3OS/c1-19-11-10-16-23(20(19)2)27-24(29)18-30-25(26-22-14-8-5-9-15-22)28(3)17-21-12-6-4-7-13-21/h4-16H,17-18H2,1-3H3,(H,27,29). The van der Waals surface area contributed by atoms with E-state index in [2.05, 4.69) is 22.3 Å². The zero-order valence-corrected chi connectivity index (χ0v) is 18.4. The average molecular weight is 418 g/mol. The molecule has 0 aromatic heterocycles. The molecule has 0 aliphatic carbocycles. The van der Waals surface area contributed by atoms with Crippen LogP contribution in [0.4, 0.5) is 11.4 Å². The number of anilines is 1. The largest absolute Gasteiger partial charge is 0.350 e. The van der Waals surface area contributed by atoms with Gasteiger partial charge in [-0.1, -0.05) is 72.4 Å². The first-order valence-corrected chi connectivity index (χ1v) is 10.9. The van der Waals surface area contributed by atoms with Gasteiger partial charge in [0, 0.05) is 19.3 Å². The number of hydrogen-bond acceptors (Lipinski definition) is 3.